The Hall–Kier alpha value is -4.34. The van der Waals surface area contributed by atoms with Crippen molar-refractivity contribution in [2.24, 2.45) is 0 Å². The number of aryl methyl sites for hydroxylation is 1. The molecule has 0 atom stereocenters. The first-order valence-electron chi connectivity index (χ1n) is 10.4. The van der Waals surface area contributed by atoms with Gasteiger partial charge in [0.2, 0.25) is 5.91 Å². The molecule has 0 spiro atoms. The van der Waals surface area contributed by atoms with Crippen LogP contribution in [0.25, 0.3) is 11.0 Å². The topological polar surface area (TPSA) is 125 Å². The number of nitro benzene ring substituents is 1. The van der Waals surface area contributed by atoms with Gasteiger partial charge in [-0.05, 0) is 18.1 Å². The highest BCUT2D eigenvalue weighted by atomic mass is 16.6. The van der Waals surface area contributed by atoms with E-state index in [1.54, 1.807) is 16.8 Å². The van der Waals surface area contributed by atoms with E-state index in [9.17, 15) is 19.7 Å². The van der Waals surface area contributed by atoms with Gasteiger partial charge >= 0.3 is 0 Å². The molecule has 33 heavy (non-hydrogen) atoms. The van der Waals surface area contributed by atoms with Gasteiger partial charge in [-0.3, -0.25) is 24.3 Å². The molecule has 2 aromatic carbocycles. The molecule has 1 N–H and O–H groups in total. The number of aromatic nitrogens is 4. The normalized spacial score (nSPS) is 10.9. The van der Waals surface area contributed by atoms with Crippen LogP contribution in [0.5, 0.6) is 0 Å². The van der Waals surface area contributed by atoms with E-state index in [1.807, 2.05) is 31.2 Å². The standard InChI is InChI=1S/C23H22N6O4/c1-16-3-2-4-18(11-16)12-21(30)24-9-10-28-22-20(13-26-28)23(31)27(15-25-22)14-17-5-7-19(8-6-17)29(32)33/h2-8,11,13,15H,9-10,12,14H2,1H3,(H,24,30). The molecule has 4 aromatic rings. The largest absolute Gasteiger partial charge is 0.354 e. The summed E-state index contributed by atoms with van der Waals surface area (Å²) >= 11 is 0. The van der Waals surface area contributed by atoms with Gasteiger partial charge in [-0.25, -0.2) is 9.67 Å². The van der Waals surface area contributed by atoms with Crippen LogP contribution < -0.4 is 10.9 Å². The Balaban J connectivity index is 1.39. The lowest BCUT2D eigenvalue weighted by Gasteiger charge is -2.08. The number of rotatable bonds is 8. The second-order valence-electron chi connectivity index (χ2n) is 7.72. The van der Waals surface area contributed by atoms with Crippen LogP contribution in [-0.2, 0) is 24.3 Å². The fourth-order valence-electron chi connectivity index (χ4n) is 3.56. The number of nitro groups is 1. The number of non-ortho nitro benzene ring substituents is 1. The van der Waals surface area contributed by atoms with Crippen LogP contribution >= 0.6 is 0 Å². The lowest BCUT2D eigenvalue weighted by molar-refractivity contribution is -0.384. The minimum absolute atomic E-state index is 0.00748. The third kappa shape index (κ3) is 5.12. The van der Waals surface area contributed by atoms with Gasteiger partial charge in [-0.15, -0.1) is 0 Å². The van der Waals surface area contributed by atoms with Gasteiger partial charge in [-0.2, -0.15) is 5.10 Å². The third-order valence-corrected chi connectivity index (χ3v) is 5.22. The average molecular weight is 446 g/mol. The van der Waals surface area contributed by atoms with E-state index in [-0.39, 0.29) is 23.7 Å². The maximum atomic E-state index is 12.8. The lowest BCUT2D eigenvalue weighted by atomic mass is 10.1. The summed E-state index contributed by atoms with van der Waals surface area (Å²) in [6.07, 6.45) is 3.19. The van der Waals surface area contributed by atoms with Gasteiger partial charge in [0, 0.05) is 18.7 Å². The van der Waals surface area contributed by atoms with Crippen LogP contribution in [0.3, 0.4) is 0 Å². The second-order valence-corrected chi connectivity index (χ2v) is 7.72. The van der Waals surface area contributed by atoms with Crippen molar-refractivity contribution in [2.45, 2.75) is 26.4 Å². The molecular formula is C23H22N6O4. The van der Waals surface area contributed by atoms with Crippen LogP contribution in [-0.4, -0.2) is 36.7 Å². The summed E-state index contributed by atoms with van der Waals surface area (Å²) in [6, 6.07) is 13.8. The third-order valence-electron chi connectivity index (χ3n) is 5.22. The highest BCUT2D eigenvalue weighted by molar-refractivity contribution is 5.78. The molecule has 0 unspecified atom stereocenters. The van der Waals surface area contributed by atoms with Crippen molar-refractivity contribution < 1.29 is 9.72 Å². The number of hydrogen-bond donors (Lipinski definition) is 1. The predicted octanol–water partition coefficient (Wildman–Crippen LogP) is 2.22. The molecule has 10 heteroatoms. The average Bonchev–Trinajstić information content (AvgIpc) is 3.20. The fourth-order valence-corrected chi connectivity index (χ4v) is 3.56. The maximum Gasteiger partial charge on any atom is 0.269 e. The molecule has 0 aliphatic rings. The lowest BCUT2D eigenvalue weighted by Crippen LogP contribution is -2.29. The predicted molar refractivity (Wildman–Crippen MR) is 122 cm³/mol. The molecule has 2 aromatic heterocycles. The van der Waals surface area contributed by atoms with Crippen molar-refractivity contribution in [3.8, 4) is 0 Å². The van der Waals surface area contributed by atoms with Crippen LogP contribution in [0.2, 0.25) is 0 Å². The van der Waals surface area contributed by atoms with Gasteiger partial charge < -0.3 is 5.32 Å². The fraction of sp³-hybridized carbons (Fsp3) is 0.217. The summed E-state index contributed by atoms with van der Waals surface area (Å²) in [7, 11) is 0. The number of amides is 1. The Bertz CT molecular complexity index is 1370. The number of carbonyl (C=O) groups is 1. The van der Waals surface area contributed by atoms with E-state index in [1.165, 1.54) is 29.2 Å². The smallest absolute Gasteiger partial charge is 0.269 e. The zero-order chi connectivity index (χ0) is 23.4. The summed E-state index contributed by atoms with van der Waals surface area (Å²) in [6.45, 7) is 2.95. The number of hydrogen-bond acceptors (Lipinski definition) is 6. The summed E-state index contributed by atoms with van der Waals surface area (Å²) in [5, 5.41) is 18.3. The first kappa shape index (κ1) is 21.9. The Kier molecular flexibility index (Phi) is 6.25. The molecule has 168 valence electrons. The van der Waals surface area contributed by atoms with Crippen molar-refractivity contribution in [1.82, 2.24) is 24.6 Å². The van der Waals surface area contributed by atoms with E-state index >= 15 is 0 Å². The monoisotopic (exact) mass is 446 g/mol. The van der Waals surface area contributed by atoms with Gasteiger partial charge in [0.05, 0.1) is 30.6 Å². The Morgan fingerprint density at radius 3 is 2.67 bits per heavy atom. The minimum atomic E-state index is -0.469. The molecule has 0 saturated carbocycles. The van der Waals surface area contributed by atoms with E-state index in [0.29, 0.717) is 30.5 Å². The molecule has 2 heterocycles. The number of nitrogens with one attached hydrogen (secondary N) is 1. The van der Waals surface area contributed by atoms with Crippen molar-refractivity contribution in [2.75, 3.05) is 6.54 Å². The maximum absolute atomic E-state index is 12.8. The molecule has 0 aliphatic heterocycles. The van der Waals surface area contributed by atoms with Crippen molar-refractivity contribution in [3.05, 3.63) is 98.2 Å². The summed E-state index contributed by atoms with van der Waals surface area (Å²) < 4.78 is 3.01. The molecule has 0 fully saturated rings. The Morgan fingerprint density at radius 1 is 1.15 bits per heavy atom. The molecule has 0 aliphatic carbocycles. The van der Waals surface area contributed by atoms with Crippen LogP contribution in [0.4, 0.5) is 5.69 Å². The number of carbonyl (C=O) groups excluding carboxylic acids is 1. The first-order chi connectivity index (χ1) is 15.9. The molecule has 1 amide bonds. The minimum Gasteiger partial charge on any atom is -0.354 e. The first-order valence-corrected chi connectivity index (χ1v) is 10.4. The van der Waals surface area contributed by atoms with Crippen molar-refractivity contribution >= 4 is 22.6 Å². The highest BCUT2D eigenvalue weighted by Crippen LogP contribution is 2.13. The highest BCUT2D eigenvalue weighted by Gasteiger charge is 2.12. The van der Waals surface area contributed by atoms with Gasteiger partial charge in [-0.1, -0.05) is 42.0 Å². The van der Waals surface area contributed by atoms with Gasteiger partial charge in [0.1, 0.15) is 11.7 Å². The molecule has 0 radical (unpaired) electrons. The quantitative estimate of drug-likeness (QED) is 0.327. The van der Waals surface area contributed by atoms with Gasteiger partial charge in [0.15, 0.2) is 5.65 Å². The summed E-state index contributed by atoms with van der Waals surface area (Å²) in [5.74, 6) is -0.0875. The molecule has 10 nitrogen and oxygen atoms in total. The molecule has 0 saturated heterocycles. The molecular weight excluding hydrogens is 424 g/mol. The van der Waals surface area contributed by atoms with E-state index in [2.05, 4.69) is 15.4 Å². The van der Waals surface area contributed by atoms with Crippen LogP contribution in [0, 0.1) is 17.0 Å². The number of fused-ring (bicyclic) bond motifs is 1. The van der Waals surface area contributed by atoms with E-state index in [0.717, 1.165) is 16.7 Å². The molecule has 4 rings (SSSR count). The van der Waals surface area contributed by atoms with Crippen molar-refractivity contribution in [3.63, 3.8) is 0 Å². The zero-order valence-corrected chi connectivity index (χ0v) is 18.0. The number of nitrogens with zero attached hydrogens (tertiary/aromatic N) is 5. The van der Waals surface area contributed by atoms with Crippen LogP contribution in [0.1, 0.15) is 16.7 Å². The number of benzene rings is 2. The van der Waals surface area contributed by atoms with Gasteiger partial charge in [0.25, 0.3) is 11.2 Å². The summed E-state index contributed by atoms with van der Waals surface area (Å²) in [4.78, 5) is 39.7. The van der Waals surface area contributed by atoms with Crippen LogP contribution in [0.15, 0.2) is 65.8 Å². The zero-order valence-electron chi connectivity index (χ0n) is 18.0. The van der Waals surface area contributed by atoms with E-state index < -0.39 is 4.92 Å². The SMILES string of the molecule is Cc1cccc(CC(=O)NCCn2ncc3c(=O)n(Cc4ccc([N+](=O)[O-])cc4)cnc32)c1. The van der Waals surface area contributed by atoms with E-state index in [4.69, 9.17) is 0 Å². The molecule has 0 bridgehead atoms. The van der Waals surface area contributed by atoms with Crippen molar-refractivity contribution in [1.29, 1.82) is 0 Å². The summed E-state index contributed by atoms with van der Waals surface area (Å²) in [5.41, 5.74) is 2.97. The second kappa shape index (κ2) is 9.43. The Morgan fingerprint density at radius 2 is 1.94 bits per heavy atom. The Labute approximate surface area is 188 Å².